The number of hydrogen-bond donors (Lipinski definition) is 1. The van der Waals surface area contributed by atoms with Gasteiger partial charge in [0.05, 0.1) is 26.9 Å². The summed E-state index contributed by atoms with van der Waals surface area (Å²) in [5.74, 6) is -1.41. The zero-order chi connectivity index (χ0) is 25.8. The summed E-state index contributed by atoms with van der Waals surface area (Å²) in [6, 6.07) is 14.3. The molecule has 0 heterocycles. The van der Waals surface area contributed by atoms with Crippen LogP contribution in [0.5, 0.6) is 0 Å². The first-order valence-electron chi connectivity index (χ1n) is 9.93. The van der Waals surface area contributed by atoms with Crippen LogP contribution in [0.25, 0.3) is 0 Å². The number of amides is 1. The third kappa shape index (κ3) is 6.37. The number of carbonyl (C=O) groups excluding carboxylic acids is 1. The molecule has 0 aliphatic rings. The van der Waals surface area contributed by atoms with E-state index in [0.717, 1.165) is 6.07 Å². The predicted molar refractivity (Wildman–Crippen MR) is 124 cm³/mol. The van der Waals surface area contributed by atoms with Gasteiger partial charge in [-0.05, 0) is 55.0 Å². The molecular formula is C23H18ClF4N3O3S. The average Bonchev–Trinajstić information content (AvgIpc) is 2.81. The molecule has 12 heteroatoms. The fourth-order valence-electron chi connectivity index (χ4n) is 2.97. The highest BCUT2D eigenvalue weighted by atomic mass is 35.5. The van der Waals surface area contributed by atoms with Gasteiger partial charge < -0.3 is 0 Å². The quantitative estimate of drug-likeness (QED) is 0.259. The van der Waals surface area contributed by atoms with Crippen molar-refractivity contribution < 1.29 is 30.8 Å². The predicted octanol–water partition coefficient (Wildman–Crippen LogP) is 5.23. The molecule has 0 saturated heterocycles. The second-order valence-corrected chi connectivity index (χ2v) is 9.50. The maximum absolute atomic E-state index is 13.3. The number of nitrogens with one attached hydrogen (secondary N) is 1. The summed E-state index contributed by atoms with van der Waals surface area (Å²) >= 11 is 6.07. The Bertz CT molecular complexity index is 1350. The minimum atomic E-state index is -4.78. The number of sulfonamides is 1. The van der Waals surface area contributed by atoms with E-state index < -0.39 is 45.7 Å². The first-order chi connectivity index (χ1) is 16.4. The fourth-order valence-corrected chi connectivity index (χ4v) is 4.69. The Morgan fingerprint density at radius 1 is 1.03 bits per heavy atom. The van der Waals surface area contributed by atoms with Gasteiger partial charge in [0.1, 0.15) is 12.4 Å². The van der Waals surface area contributed by atoms with Crippen molar-refractivity contribution in [2.24, 2.45) is 5.10 Å². The van der Waals surface area contributed by atoms with Gasteiger partial charge in [-0.1, -0.05) is 41.9 Å². The molecule has 0 atom stereocenters. The lowest BCUT2D eigenvalue weighted by atomic mass is 10.1. The highest BCUT2D eigenvalue weighted by molar-refractivity contribution is 7.92. The second kappa shape index (κ2) is 10.4. The Balaban J connectivity index is 1.98. The number of halogens is 5. The topological polar surface area (TPSA) is 78.8 Å². The lowest BCUT2D eigenvalue weighted by Crippen LogP contribution is -2.40. The SMILES string of the molecule is C/C(=N/NC(=O)CN(c1cc(C(F)(F)F)ccc1Cl)S(=O)(=O)c1ccccc1)c1ccc(F)cc1. The van der Waals surface area contributed by atoms with E-state index >= 15 is 0 Å². The molecule has 184 valence electrons. The summed E-state index contributed by atoms with van der Waals surface area (Å²) in [7, 11) is -4.50. The van der Waals surface area contributed by atoms with E-state index in [1.54, 1.807) is 6.07 Å². The smallest absolute Gasteiger partial charge is 0.271 e. The van der Waals surface area contributed by atoms with Gasteiger partial charge in [-0.2, -0.15) is 18.3 Å². The van der Waals surface area contributed by atoms with Crippen molar-refractivity contribution in [3.8, 4) is 0 Å². The second-order valence-electron chi connectivity index (χ2n) is 7.23. The van der Waals surface area contributed by atoms with Crippen molar-refractivity contribution in [3.05, 3.63) is 94.8 Å². The van der Waals surface area contributed by atoms with Crippen LogP contribution in [0, 0.1) is 5.82 Å². The summed E-state index contributed by atoms with van der Waals surface area (Å²) < 4.78 is 80.1. The number of nitrogens with zero attached hydrogens (tertiary/aromatic N) is 2. The minimum Gasteiger partial charge on any atom is -0.271 e. The molecule has 0 bridgehead atoms. The minimum absolute atomic E-state index is 0.257. The molecule has 35 heavy (non-hydrogen) atoms. The molecule has 3 rings (SSSR count). The summed E-state index contributed by atoms with van der Waals surface area (Å²) in [5, 5.41) is 3.56. The fraction of sp³-hybridized carbons (Fsp3) is 0.130. The molecule has 0 fully saturated rings. The van der Waals surface area contributed by atoms with Gasteiger partial charge in [0.25, 0.3) is 15.9 Å². The van der Waals surface area contributed by atoms with E-state index in [-0.39, 0.29) is 15.6 Å². The first-order valence-corrected chi connectivity index (χ1v) is 11.7. The van der Waals surface area contributed by atoms with Crippen molar-refractivity contribution in [2.75, 3.05) is 10.8 Å². The van der Waals surface area contributed by atoms with Crippen LogP contribution in [0.1, 0.15) is 18.1 Å². The zero-order valence-electron chi connectivity index (χ0n) is 18.1. The number of benzene rings is 3. The van der Waals surface area contributed by atoms with E-state index in [1.807, 2.05) is 0 Å². The summed E-state index contributed by atoms with van der Waals surface area (Å²) in [6.07, 6.45) is -4.78. The third-order valence-electron chi connectivity index (χ3n) is 4.77. The Labute approximate surface area is 203 Å². The lowest BCUT2D eigenvalue weighted by molar-refractivity contribution is -0.137. The van der Waals surface area contributed by atoms with E-state index in [2.05, 4.69) is 10.5 Å². The highest BCUT2D eigenvalue weighted by Gasteiger charge is 2.34. The number of hydrogen-bond acceptors (Lipinski definition) is 4. The lowest BCUT2D eigenvalue weighted by Gasteiger charge is -2.25. The Kier molecular flexibility index (Phi) is 7.81. The number of hydrazone groups is 1. The molecular weight excluding hydrogens is 510 g/mol. The average molecular weight is 528 g/mol. The van der Waals surface area contributed by atoms with Crippen LogP contribution < -0.4 is 9.73 Å². The molecule has 0 radical (unpaired) electrons. The molecule has 3 aromatic rings. The van der Waals surface area contributed by atoms with Crippen LogP contribution in [0.4, 0.5) is 23.2 Å². The summed E-state index contributed by atoms with van der Waals surface area (Å²) in [5.41, 5.74) is 1.27. The largest absolute Gasteiger partial charge is 0.416 e. The number of carbonyl (C=O) groups is 1. The highest BCUT2D eigenvalue weighted by Crippen LogP contribution is 2.37. The van der Waals surface area contributed by atoms with Crippen molar-refractivity contribution in [1.82, 2.24) is 5.43 Å². The van der Waals surface area contributed by atoms with E-state index in [9.17, 15) is 30.8 Å². The van der Waals surface area contributed by atoms with Gasteiger partial charge in [-0.25, -0.2) is 18.2 Å². The van der Waals surface area contributed by atoms with E-state index in [4.69, 9.17) is 11.6 Å². The third-order valence-corrected chi connectivity index (χ3v) is 6.86. The van der Waals surface area contributed by atoms with Crippen LogP contribution in [0.15, 0.2) is 82.8 Å². The molecule has 1 N–H and O–H groups in total. The van der Waals surface area contributed by atoms with Crippen LogP contribution in [-0.2, 0) is 21.0 Å². The van der Waals surface area contributed by atoms with Crippen LogP contribution in [0.2, 0.25) is 5.02 Å². The van der Waals surface area contributed by atoms with Crippen molar-refractivity contribution >= 4 is 38.9 Å². The monoisotopic (exact) mass is 527 g/mol. The van der Waals surface area contributed by atoms with Gasteiger partial charge >= 0.3 is 6.18 Å². The molecule has 0 unspecified atom stereocenters. The zero-order valence-corrected chi connectivity index (χ0v) is 19.6. The molecule has 0 aliphatic carbocycles. The standard InChI is InChI=1S/C23H18ClF4N3O3S/c1-15(16-7-10-18(25)11-8-16)29-30-22(32)14-31(35(33,34)19-5-3-2-4-6-19)21-13-17(23(26,27)28)9-12-20(21)24/h2-13H,14H2,1H3,(H,30,32)/b29-15-. The van der Waals surface area contributed by atoms with Gasteiger partial charge in [-0.15, -0.1) is 0 Å². The van der Waals surface area contributed by atoms with Crippen LogP contribution >= 0.6 is 11.6 Å². The maximum atomic E-state index is 13.3. The van der Waals surface area contributed by atoms with Gasteiger partial charge in [-0.3, -0.25) is 9.10 Å². The molecule has 0 spiro atoms. The molecule has 1 amide bonds. The van der Waals surface area contributed by atoms with Crippen molar-refractivity contribution in [1.29, 1.82) is 0 Å². The van der Waals surface area contributed by atoms with Crippen molar-refractivity contribution in [2.45, 2.75) is 18.0 Å². The van der Waals surface area contributed by atoms with E-state index in [1.165, 1.54) is 55.5 Å². The van der Waals surface area contributed by atoms with Crippen molar-refractivity contribution in [3.63, 3.8) is 0 Å². The van der Waals surface area contributed by atoms with Gasteiger partial charge in [0.15, 0.2) is 0 Å². The summed E-state index contributed by atoms with van der Waals surface area (Å²) in [4.78, 5) is 12.4. The molecule has 0 aliphatic heterocycles. The van der Waals surface area contributed by atoms with E-state index in [0.29, 0.717) is 22.0 Å². The normalized spacial score (nSPS) is 12.3. The maximum Gasteiger partial charge on any atom is 0.416 e. The molecule has 0 aromatic heterocycles. The van der Waals surface area contributed by atoms with Crippen LogP contribution in [0.3, 0.4) is 0 Å². The van der Waals surface area contributed by atoms with Gasteiger partial charge in [0.2, 0.25) is 0 Å². The number of rotatable bonds is 7. The Morgan fingerprint density at radius 2 is 1.66 bits per heavy atom. The van der Waals surface area contributed by atoms with Gasteiger partial charge in [0, 0.05) is 0 Å². The van der Waals surface area contributed by atoms with Crippen LogP contribution in [-0.4, -0.2) is 26.6 Å². The number of alkyl halides is 3. The molecule has 0 saturated carbocycles. The Morgan fingerprint density at radius 3 is 2.26 bits per heavy atom. The molecule has 3 aromatic carbocycles. The molecule has 6 nitrogen and oxygen atoms in total. The summed E-state index contributed by atoms with van der Waals surface area (Å²) in [6.45, 7) is 0.605. The Hall–Kier alpha value is -3.44. The number of anilines is 1. The first kappa shape index (κ1) is 26.2.